The summed E-state index contributed by atoms with van der Waals surface area (Å²) in [5.74, 6) is 1.82. The summed E-state index contributed by atoms with van der Waals surface area (Å²) >= 11 is 0. The van der Waals surface area contributed by atoms with Crippen molar-refractivity contribution >= 4 is 5.71 Å². The first-order valence-electron chi connectivity index (χ1n) is 6.13. The van der Waals surface area contributed by atoms with E-state index in [9.17, 15) is 0 Å². The lowest BCUT2D eigenvalue weighted by atomic mass is 9.92. The van der Waals surface area contributed by atoms with Gasteiger partial charge in [0.15, 0.2) is 0 Å². The van der Waals surface area contributed by atoms with Gasteiger partial charge in [-0.15, -0.1) is 0 Å². The molecule has 0 fully saturated rings. The Morgan fingerprint density at radius 1 is 1.31 bits per heavy atom. The number of hydrogen-bond donors (Lipinski definition) is 0. The van der Waals surface area contributed by atoms with Gasteiger partial charge in [-0.1, -0.05) is 19.1 Å². The van der Waals surface area contributed by atoms with Crippen LogP contribution in [0.15, 0.2) is 23.2 Å². The Bertz CT molecular complexity index is 436. The molecular formula is C14H17NO. The topological polar surface area (TPSA) is 21.6 Å². The van der Waals surface area contributed by atoms with Gasteiger partial charge in [-0.05, 0) is 24.8 Å². The minimum Gasteiger partial charge on any atom is -0.493 e. The number of ether oxygens (including phenoxy) is 1. The van der Waals surface area contributed by atoms with Gasteiger partial charge in [0.2, 0.25) is 0 Å². The molecule has 2 heteroatoms. The predicted molar refractivity (Wildman–Crippen MR) is 65.4 cm³/mol. The second-order valence-electron chi connectivity index (χ2n) is 4.81. The largest absolute Gasteiger partial charge is 0.493 e. The molecule has 2 nitrogen and oxygen atoms in total. The molecule has 2 aliphatic rings. The minimum atomic E-state index is 0.747. The normalized spacial score (nSPS) is 23.6. The summed E-state index contributed by atoms with van der Waals surface area (Å²) in [6, 6.07) is 6.35. The SMILES string of the molecule is CC1CCC(c2cccc3c2CCO3)=NC1. The molecule has 16 heavy (non-hydrogen) atoms. The second kappa shape index (κ2) is 3.93. The Balaban J connectivity index is 1.98. The van der Waals surface area contributed by atoms with Crippen molar-refractivity contribution in [2.24, 2.45) is 10.9 Å². The zero-order valence-corrected chi connectivity index (χ0v) is 9.70. The molecule has 2 aliphatic heterocycles. The molecule has 84 valence electrons. The van der Waals surface area contributed by atoms with E-state index < -0.39 is 0 Å². The second-order valence-corrected chi connectivity index (χ2v) is 4.81. The first-order valence-corrected chi connectivity index (χ1v) is 6.13. The van der Waals surface area contributed by atoms with Crippen molar-refractivity contribution in [2.45, 2.75) is 26.2 Å². The maximum atomic E-state index is 5.60. The molecule has 0 radical (unpaired) electrons. The Kier molecular flexibility index (Phi) is 2.43. The number of benzene rings is 1. The quantitative estimate of drug-likeness (QED) is 0.706. The van der Waals surface area contributed by atoms with Crippen molar-refractivity contribution < 1.29 is 4.74 Å². The number of hydrogen-bond acceptors (Lipinski definition) is 2. The maximum Gasteiger partial charge on any atom is 0.123 e. The smallest absolute Gasteiger partial charge is 0.123 e. The van der Waals surface area contributed by atoms with Crippen molar-refractivity contribution in [1.82, 2.24) is 0 Å². The van der Waals surface area contributed by atoms with Crippen LogP contribution in [-0.4, -0.2) is 18.9 Å². The van der Waals surface area contributed by atoms with Crippen LogP contribution in [0.3, 0.4) is 0 Å². The Morgan fingerprint density at radius 3 is 3.06 bits per heavy atom. The zero-order valence-electron chi connectivity index (χ0n) is 9.70. The summed E-state index contributed by atoms with van der Waals surface area (Å²) in [5, 5.41) is 0. The van der Waals surface area contributed by atoms with Gasteiger partial charge in [0.05, 0.1) is 6.61 Å². The molecule has 0 spiro atoms. The summed E-state index contributed by atoms with van der Waals surface area (Å²) in [6.45, 7) is 4.09. The van der Waals surface area contributed by atoms with Crippen LogP contribution in [-0.2, 0) is 6.42 Å². The first-order chi connectivity index (χ1) is 7.84. The molecule has 0 saturated carbocycles. The molecule has 0 amide bonds. The maximum absolute atomic E-state index is 5.60. The summed E-state index contributed by atoms with van der Waals surface area (Å²) in [7, 11) is 0. The van der Waals surface area contributed by atoms with Crippen molar-refractivity contribution in [1.29, 1.82) is 0 Å². The standard InChI is InChI=1S/C14H17NO/c1-10-5-6-13(15-9-10)11-3-2-4-14-12(11)7-8-16-14/h2-4,10H,5-9H2,1H3. The van der Waals surface area contributed by atoms with Crippen molar-refractivity contribution in [3.63, 3.8) is 0 Å². The van der Waals surface area contributed by atoms with E-state index in [-0.39, 0.29) is 0 Å². The lowest BCUT2D eigenvalue weighted by Gasteiger charge is -2.18. The van der Waals surface area contributed by atoms with Crippen LogP contribution in [0.25, 0.3) is 0 Å². The van der Waals surface area contributed by atoms with E-state index in [0.29, 0.717) is 0 Å². The van der Waals surface area contributed by atoms with Crippen LogP contribution in [0.2, 0.25) is 0 Å². The Labute approximate surface area is 96.3 Å². The number of nitrogens with zero attached hydrogens (tertiary/aromatic N) is 1. The van der Waals surface area contributed by atoms with E-state index in [1.807, 2.05) is 0 Å². The first kappa shape index (κ1) is 9.88. The molecule has 1 atom stereocenters. The molecule has 1 unspecified atom stereocenters. The van der Waals surface area contributed by atoms with Gasteiger partial charge >= 0.3 is 0 Å². The highest BCUT2D eigenvalue weighted by Gasteiger charge is 2.20. The molecule has 0 bridgehead atoms. The molecule has 0 saturated heterocycles. The number of rotatable bonds is 1. The van der Waals surface area contributed by atoms with E-state index >= 15 is 0 Å². The van der Waals surface area contributed by atoms with E-state index in [2.05, 4.69) is 25.1 Å². The predicted octanol–water partition coefficient (Wildman–Crippen LogP) is 2.84. The van der Waals surface area contributed by atoms with Gasteiger partial charge < -0.3 is 4.74 Å². The van der Waals surface area contributed by atoms with Crippen LogP contribution < -0.4 is 4.74 Å². The summed E-state index contributed by atoms with van der Waals surface area (Å²) < 4.78 is 5.60. The third-order valence-corrected chi connectivity index (χ3v) is 3.52. The lowest BCUT2D eigenvalue weighted by Crippen LogP contribution is -2.15. The summed E-state index contributed by atoms with van der Waals surface area (Å²) in [6.07, 6.45) is 3.43. The molecule has 2 heterocycles. The monoisotopic (exact) mass is 215 g/mol. The fraction of sp³-hybridized carbons (Fsp3) is 0.500. The van der Waals surface area contributed by atoms with Crippen LogP contribution in [0.5, 0.6) is 5.75 Å². The third-order valence-electron chi connectivity index (χ3n) is 3.52. The number of aliphatic imine (C=N–C) groups is 1. The Hall–Kier alpha value is -1.31. The van der Waals surface area contributed by atoms with Gasteiger partial charge in [0.25, 0.3) is 0 Å². The van der Waals surface area contributed by atoms with Gasteiger partial charge in [-0.25, -0.2) is 0 Å². The fourth-order valence-electron chi connectivity index (χ4n) is 2.53. The van der Waals surface area contributed by atoms with Crippen LogP contribution in [0.1, 0.15) is 30.9 Å². The highest BCUT2D eigenvalue weighted by atomic mass is 16.5. The van der Waals surface area contributed by atoms with Crippen LogP contribution >= 0.6 is 0 Å². The van der Waals surface area contributed by atoms with Gasteiger partial charge in [0, 0.05) is 29.8 Å². The van der Waals surface area contributed by atoms with Gasteiger partial charge in [0.1, 0.15) is 5.75 Å². The van der Waals surface area contributed by atoms with Crippen LogP contribution in [0.4, 0.5) is 0 Å². The van der Waals surface area contributed by atoms with Gasteiger partial charge in [-0.2, -0.15) is 0 Å². The molecule has 0 aromatic heterocycles. The Morgan fingerprint density at radius 2 is 2.25 bits per heavy atom. The van der Waals surface area contributed by atoms with E-state index in [4.69, 9.17) is 9.73 Å². The van der Waals surface area contributed by atoms with Crippen molar-refractivity contribution in [3.05, 3.63) is 29.3 Å². The van der Waals surface area contributed by atoms with E-state index in [1.54, 1.807) is 0 Å². The fourth-order valence-corrected chi connectivity index (χ4v) is 2.53. The van der Waals surface area contributed by atoms with E-state index in [1.165, 1.54) is 23.3 Å². The zero-order chi connectivity index (χ0) is 11.0. The summed E-state index contributed by atoms with van der Waals surface area (Å²) in [5.41, 5.74) is 4.00. The molecular weight excluding hydrogens is 198 g/mol. The molecule has 1 aromatic rings. The third kappa shape index (κ3) is 1.62. The van der Waals surface area contributed by atoms with E-state index in [0.717, 1.165) is 37.7 Å². The average molecular weight is 215 g/mol. The molecule has 0 N–H and O–H groups in total. The molecule has 0 aliphatic carbocycles. The summed E-state index contributed by atoms with van der Waals surface area (Å²) in [4.78, 5) is 4.72. The van der Waals surface area contributed by atoms with Crippen molar-refractivity contribution in [2.75, 3.05) is 13.2 Å². The molecule has 1 aromatic carbocycles. The van der Waals surface area contributed by atoms with Crippen molar-refractivity contribution in [3.8, 4) is 5.75 Å². The molecule has 3 rings (SSSR count). The highest BCUT2D eigenvalue weighted by Crippen LogP contribution is 2.30. The number of fused-ring (bicyclic) bond motifs is 1. The minimum absolute atomic E-state index is 0.747. The van der Waals surface area contributed by atoms with Gasteiger partial charge in [-0.3, -0.25) is 4.99 Å². The average Bonchev–Trinajstić information content (AvgIpc) is 2.78. The highest BCUT2D eigenvalue weighted by molar-refractivity contribution is 6.02. The lowest BCUT2D eigenvalue weighted by molar-refractivity contribution is 0.357. The van der Waals surface area contributed by atoms with Crippen LogP contribution in [0, 0.1) is 5.92 Å².